The third-order valence-electron chi connectivity index (χ3n) is 6.99. The Kier molecular flexibility index (Phi) is 4.39. The van der Waals surface area contributed by atoms with Gasteiger partial charge in [-0.25, -0.2) is 24.3 Å². The molecular formula is C26H11F6N9. The van der Waals surface area contributed by atoms with Crippen molar-refractivity contribution in [3.8, 4) is 11.6 Å². The lowest BCUT2D eigenvalue weighted by molar-refractivity contribution is -0.137. The highest BCUT2D eigenvalue weighted by Crippen LogP contribution is 2.40. The zero-order valence-electron chi connectivity index (χ0n) is 20.1. The van der Waals surface area contributed by atoms with Crippen LogP contribution in [0.4, 0.5) is 26.3 Å². The van der Waals surface area contributed by atoms with Crippen LogP contribution in [0.15, 0.2) is 67.5 Å². The van der Waals surface area contributed by atoms with Gasteiger partial charge in [-0.3, -0.25) is 9.13 Å². The molecule has 9 nitrogen and oxygen atoms in total. The minimum Gasteiger partial charge on any atom is -0.282 e. The van der Waals surface area contributed by atoms with Gasteiger partial charge in [-0.15, -0.1) is 0 Å². The molecule has 0 spiro atoms. The topological polar surface area (TPSA) is 91.6 Å². The van der Waals surface area contributed by atoms with Crippen LogP contribution in [0.2, 0.25) is 0 Å². The Morgan fingerprint density at radius 2 is 1.00 bits per heavy atom. The number of hydrogen-bond acceptors (Lipinski definition) is 6. The molecule has 0 bridgehead atoms. The van der Waals surface area contributed by atoms with Crippen LogP contribution in [0.25, 0.3) is 61.5 Å². The molecule has 5 aromatic heterocycles. The molecule has 0 aliphatic heterocycles. The number of fused-ring (bicyclic) bond motifs is 2. The molecule has 0 saturated heterocycles. The highest BCUT2D eigenvalue weighted by Gasteiger charge is 2.36. The lowest BCUT2D eigenvalue weighted by Gasteiger charge is -2.16. The predicted molar refractivity (Wildman–Crippen MR) is 134 cm³/mol. The van der Waals surface area contributed by atoms with Gasteiger partial charge in [0, 0.05) is 10.8 Å². The fourth-order valence-electron chi connectivity index (χ4n) is 5.35. The monoisotopic (exact) mass is 563 g/mol. The van der Waals surface area contributed by atoms with E-state index < -0.39 is 23.5 Å². The maximum atomic E-state index is 14.0. The highest BCUT2D eigenvalue weighted by atomic mass is 19.4. The number of rotatable bonds is 2. The Morgan fingerprint density at radius 1 is 0.537 bits per heavy atom. The molecule has 8 aromatic rings. The zero-order valence-corrected chi connectivity index (χ0v) is 20.1. The summed E-state index contributed by atoms with van der Waals surface area (Å²) >= 11 is 0. The first kappa shape index (κ1) is 23.5. The van der Waals surface area contributed by atoms with Gasteiger partial charge < -0.3 is 0 Å². The van der Waals surface area contributed by atoms with Gasteiger partial charge in [-0.1, -0.05) is 12.1 Å². The molecular weight excluding hydrogens is 552 g/mol. The van der Waals surface area contributed by atoms with E-state index in [1.54, 1.807) is 12.1 Å². The third kappa shape index (κ3) is 3.19. The first-order valence-electron chi connectivity index (χ1n) is 11.9. The molecule has 41 heavy (non-hydrogen) atoms. The van der Waals surface area contributed by atoms with E-state index >= 15 is 0 Å². The van der Waals surface area contributed by atoms with Crippen molar-refractivity contribution in [1.82, 2.24) is 43.4 Å². The van der Waals surface area contributed by atoms with Crippen molar-refractivity contribution in [2.24, 2.45) is 0 Å². The Hall–Kier alpha value is -5.34. The standard InChI is InChI=1S/C26H11F6N9/c27-25(28,29)14-3-1-5-16-19(14)39(10-35-16)21-12-7-8-13-18(12)41-23(37-21)33-9-34-24(41)38-22(13)40-11-36-17-6-2-4-15(20(17)40)26(30,31)32/h1-11H. The number of nitrogens with zero attached hydrogens (tertiary/aromatic N) is 9. The quantitative estimate of drug-likeness (QED) is 0.241. The molecule has 202 valence electrons. The number of imidazole rings is 2. The van der Waals surface area contributed by atoms with E-state index in [1.807, 2.05) is 0 Å². The van der Waals surface area contributed by atoms with E-state index in [4.69, 9.17) is 0 Å². The second-order valence-corrected chi connectivity index (χ2v) is 9.26. The molecule has 0 aliphatic rings. The van der Waals surface area contributed by atoms with E-state index in [0.29, 0.717) is 16.3 Å². The lowest BCUT2D eigenvalue weighted by atomic mass is 10.1. The molecule has 15 heteroatoms. The Morgan fingerprint density at radius 3 is 1.44 bits per heavy atom. The molecule has 0 amide bonds. The number of aromatic nitrogens is 9. The molecule has 0 saturated carbocycles. The van der Waals surface area contributed by atoms with Crippen molar-refractivity contribution < 1.29 is 26.3 Å². The van der Waals surface area contributed by atoms with Gasteiger partial charge in [0.2, 0.25) is 11.6 Å². The van der Waals surface area contributed by atoms with Gasteiger partial charge in [0.1, 0.15) is 19.0 Å². The summed E-state index contributed by atoms with van der Waals surface area (Å²) in [6.45, 7) is 0. The normalized spacial score (nSPS) is 13.1. The summed E-state index contributed by atoms with van der Waals surface area (Å²) in [7, 11) is 0. The summed E-state index contributed by atoms with van der Waals surface area (Å²) in [5.41, 5.74) is -1.57. The van der Waals surface area contributed by atoms with Crippen molar-refractivity contribution in [2.75, 3.05) is 0 Å². The van der Waals surface area contributed by atoms with E-state index in [1.165, 1.54) is 56.8 Å². The number of halogens is 6. The summed E-state index contributed by atoms with van der Waals surface area (Å²) in [6.07, 6.45) is -5.68. The predicted octanol–water partition coefficient (Wildman–Crippen LogP) is 5.98. The summed E-state index contributed by atoms with van der Waals surface area (Å²) in [5, 5.41) is 0.774. The van der Waals surface area contributed by atoms with Crippen LogP contribution < -0.4 is 0 Å². The van der Waals surface area contributed by atoms with Gasteiger partial charge in [-0.2, -0.15) is 36.3 Å². The summed E-state index contributed by atoms with van der Waals surface area (Å²) < 4.78 is 87.9. The SMILES string of the molecule is FC(F)(F)c1cccc2ncn(-c3nc4ncnc5nc(-n6cnc7cccc(C(F)(F)F)c76)c6ccc3c6n45)c12. The van der Waals surface area contributed by atoms with Crippen LogP contribution in [0, 0.1) is 0 Å². The molecule has 0 radical (unpaired) electrons. The van der Waals surface area contributed by atoms with Crippen molar-refractivity contribution in [1.29, 1.82) is 0 Å². The Labute approximate surface area is 222 Å². The summed E-state index contributed by atoms with van der Waals surface area (Å²) in [6, 6.07) is 10.6. The zero-order chi connectivity index (χ0) is 28.3. The fraction of sp³-hybridized carbons (Fsp3) is 0.0769. The van der Waals surface area contributed by atoms with E-state index in [2.05, 4.69) is 29.9 Å². The molecule has 0 unspecified atom stereocenters. The van der Waals surface area contributed by atoms with Crippen molar-refractivity contribution in [2.45, 2.75) is 12.4 Å². The van der Waals surface area contributed by atoms with Gasteiger partial charge >= 0.3 is 12.4 Å². The number of hydrogen-bond donors (Lipinski definition) is 0. The molecule has 5 heterocycles. The maximum Gasteiger partial charge on any atom is 0.418 e. The van der Waals surface area contributed by atoms with Crippen LogP contribution in [-0.2, 0) is 12.4 Å². The van der Waals surface area contributed by atoms with Crippen molar-refractivity contribution >= 4 is 49.9 Å². The molecule has 0 fully saturated rings. The molecule has 8 rings (SSSR count). The smallest absolute Gasteiger partial charge is 0.282 e. The Balaban J connectivity index is 1.49. The van der Waals surface area contributed by atoms with Gasteiger partial charge in [0.25, 0.3) is 0 Å². The van der Waals surface area contributed by atoms with Gasteiger partial charge in [0.15, 0.2) is 11.6 Å². The summed E-state index contributed by atoms with van der Waals surface area (Å²) in [5.74, 6) is 0.349. The van der Waals surface area contributed by atoms with Crippen LogP contribution in [0.3, 0.4) is 0 Å². The van der Waals surface area contributed by atoms with Crippen LogP contribution >= 0.6 is 0 Å². The molecule has 3 aromatic carbocycles. The first-order chi connectivity index (χ1) is 19.6. The first-order valence-corrected chi connectivity index (χ1v) is 11.9. The minimum atomic E-state index is -4.67. The van der Waals surface area contributed by atoms with Gasteiger partial charge in [-0.05, 0) is 36.4 Å². The number of para-hydroxylation sites is 2. The van der Waals surface area contributed by atoms with E-state index in [0.717, 1.165) is 12.1 Å². The summed E-state index contributed by atoms with van der Waals surface area (Å²) in [4.78, 5) is 25.8. The van der Waals surface area contributed by atoms with E-state index in [9.17, 15) is 26.3 Å². The van der Waals surface area contributed by atoms with Gasteiger partial charge in [0.05, 0.1) is 38.7 Å². The van der Waals surface area contributed by atoms with Crippen LogP contribution in [-0.4, -0.2) is 43.4 Å². The largest absolute Gasteiger partial charge is 0.418 e. The average Bonchev–Trinajstić information content (AvgIpc) is 3.67. The van der Waals surface area contributed by atoms with Crippen LogP contribution in [0.1, 0.15) is 11.1 Å². The number of benzene rings is 2. The molecule has 0 atom stereocenters. The second-order valence-electron chi connectivity index (χ2n) is 9.26. The average molecular weight is 563 g/mol. The fourth-order valence-corrected chi connectivity index (χ4v) is 5.35. The second kappa shape index (κ2) is 7.65. The van der Waals surface area contributed by atoms with Crippen LogP contribution in [0.5, 0.6) is 0 Å². The maximum absolute atomic E-state index is 14.0. The number of alkyl halides is 6. The van der Waals surface area contributed by atoms with Crippen molar-refractivity contribution in [3.05, 3.63) is 78.6 Å². The highest BCUT2D eigenvalue weighted by molar-refractivity contribution is 6.07. The van der Waals surface area contributed by atoms with Crippen molar-refractivity contribution in [3.63, 3.8) is 0 Å². The molecule has 0 aliphatic carbocycles. The minimum absolute atomic E-state index is 0.0746. The van der Waals surface area contributed by atoms with E-state index in [-0.39, 0.29) is 45.3 Å². The Bertz CT molecular complexity index is 2150. The molecule has 0 N–H and O–H groups in total. The third-order valence-corrected chi connectivity index (χ3v) is 6.99. The lowest BCUT2D eigenvalue weighted by Crippen LogP contribution is -2.12.